The summed E-state index contributed by atoms with van der Waals surface area (Å²) in [4.78, 5) is 37.0. The van der Waals surface area contributed by atoms with Crippen molar-refractivity contribution in [2.24, 2.45) is 5.92 Å². The van der Waals surface area contributed by atoms with Crippen LogP contribution in [0.15, 0.2) is 0 Å². The van der Waals surface area contributed by atoms with Gasteiger partial charge in [0.1, 0.15) is 5.60 Å². The molecule has 1 aliphatic rings. The Bertz CT molecular complexity index is 398. The fraction of sp³-hybridized carbons (Fsp3) is 0.786. The molecule has 0 bridgehead atoms. The predicted octanol–water partition coefficient (Wildman–Crippen LogP) is 1.34. The molecule has 6 heteroatoms. The van der Waals surface area contributed by atoms with Crippen molar-refractivity contribution in [1.82, 2.24) is 10.2 Å². The minimum Gasteiger partial charge on any atom is -0.444 e. The van der Waals surface area contributed by atoms with E-state index in [2.05, 4.69) is 5.32 Å². The summed E-state index contributed by atoms with van der Waals surface area (Å²) in [5.74, 6) is -0.269. The van der Waals surface area contributed by atoms with E-state index in [1.807, 2.05) is 0 Å². The summed E-state index contributed by atoms with van der Waals surface area (Å²) < 4.78 is 5.13. The molecular formula is C14H24N2O4. The van der Waals surface area contributed by atoms with Gasteiger partial charge in [-0.25, -0.2) is 4.79 Å². The van der Waals surface area contributed by atoms with Crippen molar-refractivity contribution in [2.75, 3.05) is 14.1 Å². The molecule has 0 aliphatic heterocycles. The SMILES string of the molecule is CN(C)C(=O)[C@H]1CCC(=O)[C@H](NC(=O)OC(C)(C)C)C1. The van der Waals surface area contributed by atoms with Crippen LogP contribution in [-0.4, -0.2) is 48.4 Å². The lowest BCUT2D eigenvalue weighted by atomic mass is 9.84. The average Bonchev–Trinajstić information content (AvgIpc) is 2.28. The van der Waals surface area contributed by atoms with Crippen LogP contribution in [0.1, 0.15) is 40.0 Å². The first-order chi connectivity index (χ1) is 9.10. The molecule has 0 heterocycles. The highest BCUT2D eigenvalue weighted by Crippen LogP contribution is 2.23. The average molecular weight is 284 g/mol. The third kappa shape index (κ3) is 4.83. The first-order valence-electron chi connectivity index (χ1n) is 6.83. The Morgan fingerprint density at radius 2 is 1.90 bits per heavy atom. The van der Waals surface area contributed by atoms with Crippen LogP contribution in [0, 0.1) is 5.92 Å². The lowest BCUT2D eigenvalue weighted by Gasteiger charge is -2.30. The van der Waals surface area contributed by atoms with E-state index in [1.165, 1.54) is 4.90 Å². The Morgan fingerprint density at radius 1 is 1.30 bits per heavy atom. The highest BCUT2D eigenvalue weighted by Gasteiger charge is 2.34. The standard InChI is InChI=1S/C14H24N2O4/c1-14(2,3)20-13(19)15-10-8-9(6-7-11(10)17)12(18)16(4)5/h9-10H,6-8H2,1-5H3,(H,15,19)/t9-,10+/m0/s1. The summed E-state index contributed by atoms with van der Waals surface area (Å²) in [5.41, 5.74) is -0.610. The number of rotatable bonds is 2. The van der Waals surface area contributed by atoms with Gasteiger partial charge in [-0.05, 0) is 33.6 Å². The highest BCUT2D eigenvalue weighted by atomic mass is 16.6. The summed E-state index contributed by atoms with van der Waals surface area (Å²) in [6.07, 6.45) is 0.580. The number of Topliss-reactive ketones (excluding diaryl/α,β-unsaturated/α-hetero) is 1. The third-order valence-electron chi connectivity index (χ3n) is 3.13. The van der Waals surface area contributed by atoms with Gasteiger partial charge in [0.2, 0.25) is 5.91 Å². The molecule has 2 amide bonds. The van der Waals surface area contributed by atoms with E-state index in [9.17, 15) is 14.4 Å². The minimum atomic E-state index is -0.632. The zero-order valence-electron chi connectivity index (χ0n) is 12.9. The van der Waals surface area contributed by atoms with Crippen molar-refractivity contribution in [3.63, 3.8) is 0 Å². The van der Waals surface area contributed by atoms with Gasteiger partial charge in [0.05, 0.1) is 6.04 Å². The molecule has 1 aliphatic carbocycles. The van der Waals surface area contributed by atoms with Crippen molar-refractivity contribution in [3.8, 4) is 0 Å². The number of amides is 2. The Labute approximate surface area is 119 Å². The summed E-state index contributed by atoms with van der Waals surface area (Å²) in [6.45, 7) is 5.27. The van der Waals surface area contributed by atoms with Gasteiger partial charge in [-0.1, -0.05) is 0 Å². The number of nitrogens with zero attached hydrogens (tertiary/aromatic N) is 1. The summed E-state index contributed by atoms with van der Waals surface area (Å²) in [7, 11) is 3.38. The molecule has 6 nitrogen and oxygen atoms in total. The Kier molecular flexibility index (Phi) is 5.14. The highest BCUT2D eigenvalue weighted by molar-refractivity contribution is 5.90. The molecule has 0 unspecified atom stereocenters. The first kappa shape index (κ1) is 16.5. The van der Waals surface area contributed by atoms with Crippen LogP contribution in [0.5, 0.6) is 0 Å². The summed E-state index contributed by atoms with van der Waals surface area (Å²) in [5, 5.41) is 2.57. The van der Waals surface area contributed by atoms with Gasteiger partial charge < -0.3 is 15.0 Å². The molecule has 2 atom stereocenters. The van der Waals surface area contributed by atoms with Crippen molar-refractivity contribution in [2.45, 2.75) is 51.7 Å². The van der Waals surface area contributed by atoms with E-state index in [0.29, 0.717) is 19.3 Å². The van der Waals surface area contributed by atoms with Crippen LogP contribution in [0.3, 0.4) is 0 Å². The minimum absolute atomic E-state index is 0.00603. The van der Waals surface area contributed by atoms with Crippen LogP contribution >= 0.6 is 0 Å². The van der Waals surface area contributed by atoms with Crippen molar-refractivity contribution in [3.05, 3.63) is 0 Å². The van der Waals surface area contributed by atoms with Gasteiger partial charge in [0.15, 0.2) is 5.78 Å². The van der Waals surface area contributed by atoms with Gasteiger partial charge in [-0.3, -0.25) is 9.59 Å². The monoisotopic (exact) mass is 284 g/mol. The van der Waals surface area contributed by atoms with Crippen molar-refractivity contribution in [1.29, 1.82) is 0 Å². The smallest absolute Gasteiger partial charge is 0.408 e. The molecular weight excluding hydrogens is 260 g/mol. The van der Waals surface area contributed by atoms with E-state index in [1.54, 1.807) is 34.9 Å². The number of alkyl carbamates (subject to hydrolysis) is 1. The molecule has 0 aromatic carbocycles. The van der Waals surface area contributed by atoms with Crippen LogP contribution in [0.2, 0.25) is 0 Å². The normalized spacial score (nSPS) is 23.1. The molecule has 0 saturated heterocycles. The van der Waals surface area contributed by atoms with Gasteiger partial charge in [-0.15, -0.1) is 0 Å². The predicted molar refractivity (Wildman–Crippen MR) is 74.2 cm³/mol. The third-order valence-corrected chi connectivity index (χ3v) is 3.13. The number of hydrogen-bond donors (Lipinski definition) is 1. The number of ether oxygens (including phenoxy) is 1. The van der Waals surface area contributed by atoms with Crippen LogP contribution in [-0.2, 0) is 14.3 Å². The first-order valence-corrected chi connectivity index (χ1v) is 6.83. The van der Waals surface area contributed by atoms with E-state index in [-0.39, 0.29) is 17.6 Å². The summed E-state index contributed by atoms with van der Waals surface area (Å²) in [6, 6.07) is -0.632. The second-order valence-electron chi connectivity index (χ2n) is 6.37. The molecule has 0 aromatic heterocycles. The molecule has 0 aromatic rings. The van der Waals surface area contributed by atoms with Gasteiger partial charge in [0.25, 0.3) is 0 Å². The summed E-state index contributed by atoms with van der Waals surface area (Å²) >= 11 is 0. The molecule has 1 N–H and O–H groups in total. The fourth-order valence-electron chi connectivity index (χ4n) is 2.20. The lowest BCUT2D eigenvalue weighted by molar-refractivity contribution is -0.136. The van der Waals surface area contributed by atoms with Gasteiger partial charge >= 0.3 is 6.09 Å². The van der Waals surface area contributed by atoms with Crippen LogP contribution in [0.25, 0.3) is 0 Å². The molecule has 0 radical (unpaired) electrons. The Hall–Kier alpha value is -1.59. The lowest BCUT2D eigenvalue weighted by Crippen LogP contribution is -2.48. The molecule has 114 valence electrons. The number of hydrogen-bond acceptors (Lipinski definition) is 4. The van der Waals surface area contributed by atoms with Crippen LogP contribution in [0.4, 0.5) is 4.79 Å². The van der Waals surface area contributed by atoms with E-state index < -0.39 is 17.7 Å². The molecule has 1 rings (SSSR count). The second kappa shape index (κ2) is 6.24. The molecule has 0 spiro atoms. The maximum atomic E-state index is 11.9. The number of ketones is 1. The maximum Gasteiger partial charge on any atom is 0.408 e. The topological polar surface area (TPSA) is 75.7 Å². The zero-order valence-corrected chi connectivity index (χ0v) is 12.9. The van der Waals surface area contributed by atoms with Crippen molar-refractivity contribution < 1.29 is 19.1 Å². The Balaban J connectivity index is 2.62. The quantitative estimate of drug-likeness (QED) is 0.830. The molecule has 20 heavy (non-hydrogen) atoms. The largest absolute Gasteiger partial charge is 0.444 e. The van der Waals surface area contributed by atoms with Gasteiger partial charge in [-0.2, -0.15) is 0 Å². The fourth-order valence-corrected chi connectivity index (χ4v) is 2.20. The number of carbonyl (C=O) groups is 3. The van der Waals surface area contributed by atoms with Crippen molar-refractivity contribution >= 4 is 17.8 Å². The Morgan fingerprint density at radius 3 is 2.40 bits per heavy atom. The van der Waals surface area contributed by atoms with E-state index >= 15 is 0 Å². The molecule has 1 fully saturated rings. The zero-order chi connectivity index (χ0) is 15.5. The number of carbonyl (C=O) groups excluding carboxylic acids is 3. The second-order valence-corrected chi connectivity index (χ2v) is 6.37. The van der Waals surface area contributed by atoms with Crippen LogP contribution < -0.4 is 5.32 Å². The van der Waals surface area contributed by atoms with E-state index in [0.717, 1.165) is 0 Å². The van der Waals surface area contributed by atoms with E-state index in [4.69, 9.17) is 4.74 Å². The maximum absolute atomic E-state index is 11.9. The number of nitrogens with one attached hydrogen (secondary N) is 1. The van der Waals surface area contributed by atoms with Gasteiger partial charge in [0, 0.05) is 26.4 Å². The molecule has 1 saturated carbocycles.